The number of quaternary nitrogens is 1. The summed E-state index contributed by atoms with van der Waals surface area (Å²) < 4.78 is 34.1. The molecule has 0 aromatic rings. The first-order chi connectivity index (χ1) is 27.9. The largest absolute Gasteiger partial charge is 0.472 e. The maximum absolute atomic E-state index is 12.7. The van der Waals surface area contributed by atoms with Crippen LogP contribution in [0.3, 0.4) is 0 Å². The molecule has 0 aliphatic rings. The first-order valence-corrected chi connectivity index (χ1v) is 23.4. The Labute approximate surface area is 350 Å². The van der Waals surface area contributed by atoms with E-state index in [2.05, 4.69) is 23.6 Å². The van der Waals surface area contributed by atoms with Gasteiger partial charge >= 0.3 is 19.8 Å². The summed E-state index contributed by atoms with van der Waals surface area (Å²) in [6.45, 7) is 4.06. The summed E-state index contributed by atoms with van der Waals surface area (Å²) in [7, 11) is 1.35. The normalized spacial score (nSPS) is 14.2. The third-order valence-corrected chi connectivity index (χ3v) is 10.3. The van der Waals surface area contributed by atoms with E-state index in [0.29, 0.717) is 67.5 Å². The van der Waals surface area contributed by atoms with Crippen molar-refractivity contribution in [2.45, 2.75) is 174 Å². The van der Waals surface area contributed by atoms with Crippen LogP contribution in [0.25, 0.3) is 0 Å². The molecule has 0 aliphatic heterocycles. The number of carbonyl (C=O) groups is 2. The van der Waals surface area contributed by atoms with Gasteiger partial charge in [0.2, 0.25) is 0 Å². The lowest BCUT2D eigenvalue weighted by molar-refractivity contribution is -0.870. The van der Waals surface area contributed by atoms with Gasteiger partial charge in [-0.15, -0.1) is 0 Å². The number of likely N-dealkylation sites (N-methyl/N-ethyl adjacent to an activating group) is 1. The predicted molar refractivity (Wildman–Crippen MR) is 229 cm³/mol. The van der Waals surface area contributed by atoms with Crippen molar-refractivity contribution in [1.82, 2.24) is 0 Å². The fourth-order valence-electron chi connectivity index (χ4n) is 5.72. The summed E-state index contributed by atoms with van der Waals surface area (Å²) in [4.78, 5) is 44.2. The number of phosphoric ester groups is 1. The topological polar surface area (TPSA) is 167 Å². The van der Waals surface area contributed by atoms with Gasteiger partial charge in [-0.2, -0.15) is 0 Å². The first-order valence-electron chi connectivity index (χ1n) is 21.9. The lowest BCUT2D eigenvalue weighted by Gasteiger charge is -2.24. The van der Waals surface area contributed by atoms with Crippen LogP contribution in [0.4, 0.5) is 0 Å². The zero-order valence-electron chi connectivity index (χ0n) is 36.8. The highest BCUT2D eigenvalue weighted by atomic mass is 31.2. The molecule has 338 valence electrons. The maximum Gasteiger partial charge on any atom is 0.472 e. The molecule has 0 spiro atoms. The van der Waals surface area contributed by atoms with Gasteiger partial charge in [-0.1, -0.05) is 128 Å². The van der Waals surface area contributed by atoms with Crippen molar-refractivity contribution in [1.29, 1.82) is 0 Å². The first kappa shape index (κ1) is 55.5. The Kier molecular flexibility index (Phi) is 35.9. The summed E-state index contributed by atoms with van der Waals surface area (Å²) >= 11 is 0. The monoisotopic (exact) mass is 847 g/mol. The van der Waals surface area contributed by atoms with E-state index in [-0.39, 0.29) is 26.1 Å². The van der Waals surface area contributed by atoms with E-state index in [1.165, 1.54) is 57.8 Å². The van der Waals surface area contributed by atoms with Crippen molar-refractivity contribution in [2.24, 2.45) is 0 Å². The standard InChI is InChI=1S/C44H80NO12P/c1-6-8-10-11-12-13-14-15-16-17-20-23-27-34-43(46)52-38-42(39-54-58(50,51)53-37-36-45(3,4)5)55-44(47)35-28-24-21-18-19-22-26-31-41(57-49)33-29-32-40(56-48)30-25-9-7-2/h18,21-22,26,32-33,42H,6-17,19-20,23-25,27-31,34-39H2,1-5H3,(H2-,48,49,50,51)/p+1/b21-18-,26-22-,40-32+,41-33+/t42-/m1/s1. The summed E-state index contributed by atoms with van der Waals surface area (Å²) in [5.74, 6) is -0.0812. The van der Waals surface area contributed by atoms with Crippen LogP contribution in [0.1, 0.15) is 168 Å². The molecule has 0 rings (SSSR count). The number of allylic oxidation sites excluding steroid dienone is 7. The van der Waals surface area contributed by atoms with Crippen LogP contribution < -0.4 is 0 Å². The average Bonchev–Trinajstić information content (AvgIpc) is 3.18. The van der Waals surface area contributed by atoms with E-state index >= 15 is 0 Å². The molecule has 0 aliphatic carbocycles. The van der Waals surface area contributed by atoms with Crippen molar-refractivity contribution in [3.63, 3.8) is 0 Å². The Balaban J connectivity index is 4.68. The van der Waals surface area contributed by atoms with E-state index in [0.717, 1.165) is 38.5 Å². The Morgan fingerprint density at radius 1 is 0.621 bits per heavy atom. The number of esters is 2. The van der Waals surface area contributed by atoms with Gasteiger partial charge in [-0.3, -0.25) is 18.6 Å². The van der Waals surface area contributed by atoms with Crippen molar-refractivity contribution in [2.75, 3.05) is 47.5 Å². The molecule has 0 amide bonds. The van der Waals surface area contributed by atoms with E-state index in [1.807, 2.05) is 45.4 Å². The molecule has 13 nitrogen and oxygen atoms in total. The van der Waals surface area contributed by atoms with Crippen molar-refractivity contribution in [3.05, 3.63) is 48.0 Å². The summed E-state index contributed by atoms with van der Waals surface area (Å²) in [6.07, 6.45) is 32.4. The van der Waals surface area contributed by atoms with Gasteiger partial charge in [0, 0.05) is 25.7 Å². The lowest BCUT2D eigenvalue weighted by Crippen LogP contribution is -2.37. The molecule has 58 heavy (non-hydrogen) atoms. The predicted octanol–water partition coefficient (Wildman–Crippen LogP) is 11.5. The number of phosphoric acid groups is 1. The van der Waals surface area contributed by atoms with Crippen LogP contribution in [0.15, 0.2) is 48.0 Å². The van der Waals surface area contributed by atoms with Gasteiger partial charge in [0.15, 0.2) is 6.10 Å². The maximum atomic E-state index is 12.7. The van der Waals surface area contributed by atoms with Crippen LogP contribution in [0, 0.1) is 0 Å². The highest BCUT2D eigenvalue weighted by molar-refractivity contribution is 7.47. The number of hydrogen-bond donors (Lipinski definition) is 3. The van der Waals surface area contributed by atoms with Gasteiger partial charge in [0.05, 0.1) is 27.7 Å². The summed E-state index contributed by atoms with van der Waals surface area (Å²) in [5, 5.41) is 18.2. The van der Waals surface area contributed by atoms with Crippen LogP contribution >= 0.6 is 7.82 Å². The fraction of sp³-hybridized carbons (Fsp3) is 0.773. The molecule has 2 atom stereocenters. The van der Waals surface area contributed by atoms with Crippen LogP contribution in [0.2, 0.25) is 0 Å². The summed E-state index contributed by atoms with van der Waals surface area (Å²) in [5.41, 5.74) is 0. The van der Waals surface area contributed by atoms with E-state index in [4.69, 9.17) is 23.8 Å². The average molecular weight is 847 g/mol. The molecule has 3 N–H and O–H groups in total. The molecule has 14 heteroatoms. The Morgan fingerprint density at radius 2 is 1.16 bits per heavy atom. The zero-order valence-corrected chi connectivity index (χ0v) is 37.6. The lowest BCUT2D eigenvalue weighted by atomic mass is 10.0. The number of carbonyl (C=O) groups excluding carboxylic acids is 2. The fourth-order valence-corrected chi connectivity index (χ4v) is 6.46. The second kappa shape index (κ2) is 37.5. The Morgan fingerprint density at radius 3 is 1.76 bits per heavy atom. The zero-order chi connectivity index (χ0) is 43.2. The second-order valence-electron chi connectivity index (χ2n) is 15.9. The number of rotatable bonds is 40. The molecule has 0 saturated carbocycles. The second-order valence-corrected chi connectivity index (χ2v) is 17.3. The van der Waals surface area contributed by atoms with Crippen LogP contribution in [-0.2, 0) is 42.5 Å². The molecule has 0 radical (unpaired) electrons. The van der Waals surface area contributed by atoms with Crippen LogP contribution in [0.5, 0.6) is 0 Å². The highest BCUT2D eigenvalue weighted by Crippen LogP contribution is 2.43. The van der Waals surface area contributed by atoms with Crippen molar-refractivity contribution >= 4 is 19.8 Å². The molecular weight excluding hydrogens is 765 g/mol. The van der Waals surface area contributed by atoms with Crippen LogP contribution in [-0.4, -0.2) is 85.4 Å². The number of ether oxygens (including phenoxy) is 2. The third-order valence-electron chi connectivity index (χ3n) is 9.28. The van der Waals surface area contributed by atoms with Gasteiger partial charge in [0.1, 0.15) is 31.3 Å². The molecule has 0 heterocycles. The van der Waals surface area contributed by atoms with E-state index in [1.54, 1.807) is 12.2 Å². The SMILES string of the molecule is CCCCCCCCCCCCCCCC(=O)OC[C@H](COP(=O)(O)OCC[N+](C)(C)C)OC(=O)CCC/C=C\C/C=C\C/C(=C\C/C=C(\CCCCC)OO)OO. The number of unbranched alkanes of at least 4 members (excludes halogenated alkanes) is 15. The molecule has 0 aromatic carbocycles. The number of nitrogens with zero attached hydrogens (tertiary/aromatic N) is 1. The van der Waals surface area contributed by atoms with Crippen molar-refractivity contribution < 1.29 is 62.3 Å². The summed E-state index contributed by atoms with van der Waals surface area (Å²) in [6, 6.07) is 0. The number of hydrogen-bond acceptors (Lipinski definition) is 11. The molecule has 0 saturated heterocycles. The van der Waals surface area contributed by atoms with Gasteiger partial charge in [-0.25, -0.2) is 15.1 Å². The molecule has 0 bridgehead atoms. The Bertz CT molecular complexity index is 1200. The quantitative estimate of drug-likeness (QED) is 0.00781. The minimum Gasteiger partial charge on any atom is -0.462 e. The minimum absolute atomic E-state index is 0.00551. The van der Waals surface area contributed by atoms with E-state index in [9.17, 15) is 24.3 Å². The third kappa shape index (κ3) is 37.7. The van der Waals surface area contributed by atoms with Crippen molar-refractivity contribution in [3.8, 4) is 0 Å². The van der Waals surface area contributed by atoms with E-state index < -0.39 is 32.5 Å². The van der Waals surface area contributed by atoms with Gasteiger partial charge in [-0.05, 0) is 50.7 Å². The smallest absolute Gasteiger partial charge is 0.462 e. The van der Waals surface area contributed by atoms with Gasteiger partial charge in [0.25, 0.3) is 0 Å². The molecule has 0 fully saturated rings. The molecular formula is C44H81NO12P+. The molecule has 0 aromatic heterocycles. The molecule has 1 unspecified atom stereocenters. The highest BCUT2D eigenvalue weighted by Gasteiger charge is 2.27. The Hall–Kier alpha value is -2.51. The van der Waals surface area contributed by atoms with Gasteiger partial charge < -0.3 is 28.6 Å². The minimum atomic E-state index is -4.43.